The molecule has 11 heavy (non-hydrogen) atoms. The van der Waals surface area contributed by atoms with Gasteiger partial charge in [0.2, 0.25) is 0 Å². The molecule has 3 nitrogen and oxygen atoms in total. The van der Waals surface area contributed by atoms with E-state index in [1.165, 1.54) is 0 Å². The molecule has 0 saturated heterocycles. The van der Waals surface area contributed by atoms with Crippen molar-refractivity contribution in [2.24, 2.45) is 10.7 Å². The largest absolute Gasteiger partial charge is 0.330 e. The lowest BCUT2D eigenvalue weighted by molar-refractivity contribution is -0.118. The number of ketones is 1. The number of hydrogen-bond donors (Lipinski definition) is 1. The van der Waals surface area contributed by atoms with Crippen LogP contribution in [0.4, 0.5) is 0 Å². The maximum Gasteiger partial charge on any atom is 0.154 e. The Morgan fingerprint density at radius 1 is 1.64 bits per heavy atom. The SMILES string of the molecule is C=N[C@@H](CCCCN)C(C)=O. The molecule has 0 heterocycles. The van der Waals surface area contributed by atoms with Crippen LogP contribution < -0.4 is 5.73 Å². The van der Waals surface area contributed by atoms with Crippen LogP contribution in [0.15, 0.2) is 4.99 Å². The van der Waals surface area contributed by atoms with Crippen molar-refractivity contribution in [3.05, 3.63) is 0 Å². The molecule has 0 bridgehead atoms. The van der Waals surface area contributed by atoms with Crippen molar-refractivity contribution in [2.45, 2.75) is 32.2 Å². The third-order valence-corrected chi connectivity index (χ3v) is 1.62. The fourth-order valence-electron chi connectivity index (χ4n) is 0.905. The summed E-state index contributed by atoms with van der Waals surface area (Å²) in [5.41, 5.74) is 5.30. The van der Waals surface area contributed by atoms with Crippen molar-refractivity contribution in [3.8, 4) is 0 Å². The number of carbonyl (C=O) groups is 1. The van der Waals surface area contributed by atoms with Crippen molar-refractivity contribution in [2.75, 3.05) is 6.54 Å². The fraction of sp³-hybridized carbons (Fsp3) is 0.750. The molecule has 3 heteroatoms. The minimum atomic E-state index is -0.207. The van der Waals surface area contributed by atoms with Crippen LogP contribution in [0, 0.1) is 0 Å². The van der Waals surface area contributed by atoms with Gasteiger partial charge in [0.05, 0.1) is 0 Å². The molecule has 0 radical (unpaired) electrons. The number of carbonyl (C=O) groups excluding carboxylic acids is 1. The number of nitrogens with zero attached hydrogens (tertiary/aromatic N) is 1. The zero-order chi connectivity index (χ0) is 8.69. The maximum absolute atomic E-state index is 10.8. The molecular formula is C8H16N2O. The molecule has 64 valence electrons. The summed E-state index contributed by atoms with van der Waals surface area (Å²) in [5, 5.41) is 0. The van der Waals surface area contributed by atoms with Crippen LogP contribution >= 0.6 is 0 Å². The van der Waals surface area contributed by atoms with E-state index >= 15 is 0 Å². The molecule has 2 N–H and O–H groups in total. The van der Waals surface area contributed by atoms with Gasteiger partial charge in [-0.25, -0.2) is 0 Å². The van der Waals surface area contributed by atoms with Gasteiger partial charge in [-0.05, 0) is 39.4 Å². The van der Waals surface area contributed by atoms with Gasteiger partial charge < -0.3 is 5.73 Å². The molecule has 0 saturated carbocycles. The van der Waals surface area contributed by atoms with E-state index in [1.54, 1.807) is 6.92 Å². The predicted octanol–water partition coefficient (Wildman–Crippen LogP) is 0.774. The Bertz CT molecular complexity index is 134. The molecule has 0 aromatic heterocycles. The Hall–Kier alpha value is -0.700. The zero-order valence-electron chi connectivity index (χ0n) is 7.05. The van der Waals surface area contributed by atoms with E-state index in [0.717, 1.165) is 19.3 Å². The summed E-state index contributed by atoms with van der Waals surface area (Å²) < 4.78 is 0. The molecule has 0 spiro atoms. The molecule has 0 aliphatic heterocycles. The first-order chi connectivity index (χ1) is 5.22. The summed E-state index contributed by atoms with van der Waals surface area (Å²) in [6.45, 7) is 5.58. The van der Waals surface area contributed by atoms with E-state index in [1.807, 2.05) is 0 Å². The predicted molar refractivity (Wildman–Crippen MR) is 46.9 cm³/mol. The molecular weight excluding hydrogens is 140 g/mol. The first kappa shape index (κ1) is 10.3. The van der Waals surface area contributed by atoms with E-state index in [-0.39, 0.29) is 11.8 Å². The number of unbranched alkanes of at least 4 members (excludes halogenated alkanes) is 1. The number of aliphatic imine (C=N–C) groups is 1. The zero-order valence-corrected chi connectivity index (χ0v) is 7.05. The van der Waals surface area contributed by atoms with Gasteiger partial charge in [-0.15, -0.1) is 0 Å². The van der Waals surface area contributed by atoms with E-state index in [9.17, 15) is 4.79 Å². The second kappa shape index (κ2) is 6.04. The summed E-state index contributed by atoms with van der Waals surface area (Å²) in [6, 6.07) is -0.207. The van der Waals surface area contributed by atoms with Crippen LogP contribution in [0.2, 0.25) is 0 Å². The van der Waals surface area contributed by atoms with E-state index in [4.69, 9.17) is 5.73 Å². The van der Waals surface area contributed by atoms with Crippen LogP contribution in [0.25, 0.3) is 0 Å². The summed E-state index contributed by atoms with van der Waals surface area (Å²) in [4.78, 5) is 14.5. The van der Waals surface area contributed by atoms with E-state index in [2.05, 4.69) is 11.7 Å². The molecule has 0 amide bonds. The van der Waals surface area contributed by atoms with Gasteiger partial charge in [-0.3, -0.25) is 9.79 Å². The molecule has 0 aliphatic rings. The van der Waals surface area contributed by atoms with E-state index < -0.39 is 0 Å². The summed E-state index contributed by atoms with van der Waals surface area (Å²) in [7, 11) is 0. The monoisotopic (exact) mass is 156 g/mol. The lowest BCUT2D eigenvalue weighted by atomic mass is 10.1. The second-order valence-electron chi connectivity index (χ2n) is 2.59. The Morgan fingerprint density at radius 2 is 2.27 bits per heavy atom. The summed E-state index contributed by atoms with van der Waals surface area (Å²) in [6.07, 6.45) is 2.70. The van der Waals surface area contributed by atoms with Crippen LogP contribution in [-0.4, -0.2) is 25.1 Å². The average Bonchev–Trinajstić information content (AvgIpc) is 1.97. The lowest BCUT2D eigenvalue weighted by Gasteiger charge is -2.05. The van der Waals surface area contributed by atoms with Crippen molar-refractivity contribution >= 4 is 12.5 Å². The van der Waals surface area contributed by atoms with Gasteiger partial charge in [-0.1, -0.05) is 0 Å². The average molecular weight is 156 g/mol. The van der Waals surface area contributed by atoms with Gasteiger partial charge in [0.15, 0.2) is 5.78 Å². The Kier molecular flexibility index (Phi) is 5.65. The Balaban J connectivity index is 3.52. The minimum absolute atomic E-state index is 0.0945. The van der Waals surface area contributed by atoms with Crippen LogP contribution in [-0.2, 0) is 4.79 Å². The van der Waals surface area contributed by atoms with E-state index in [0.29, 0.717) is 6.54 Å². The van der Waals surface area contributed by atoms with Gasteiger partial charge in [-0.2, -0.15) is 0 Å². The van der Waals surface area contributed by atoms with Crippen molar-refractivity contribution in [1.82, 2.24) is 0 Å². The quantitative estimate of drug-likeness (QED) is 0.456. The highest BCUT2D eigenvalue weighted by Crippen LogP contribution is 2.04. The second-order valence-corrected chi connectivity index (χ2v) is 2.59. The molecule has 0 unspecified atom stereocenters. The molecule has 0 rings (SSSR count). The number of nitrogens with two attached hydrogens (primary N) is 1. The number of rotatable bonds is 6. The van der Waals surface area contributed by atoms with Crippen molar-refractivity contribution in [3.63, 3.8) is 0 Å². The van der Waals surface area contributed by atoms with Gasteiger partial charge in [0, 0.05) is 0 Å². The maximum atomic E-state index is 10.8. The van der Waals surface area contributed by atoms with Crippen LogP contribution in [0.3, 0.4) is 0 Å². The summed E-state index contributed by atoms with van der Waals surface area (Å²) >= 11 is 0. The smallest absolute Gasteiger partial charge is 0.154 e. The van der Waals surface area contributed by atoms with Gasteiger partial charge in [0.25, 0.3) is 0 Å². The molecule has 0 fully saturated rings. The molecule has 1 atom stereocenters. The highest BCUT2D eigenvalue weighted by molar-refractivity contribution is 5.82. The summed E-state index contributed by atoms with van der Waals surface area (Å²) in [5.74, 6) is 0.0945. The molecule has 0 aliphatic carbocycles. The molecule has 0 aromatic carbocycles. The normalized spacial score (nSPS) is 12.5. The first-order valence-corrected chi connectivity index (χ1v) is 3.88. The third-order valence-electron chi connectivity index (χ3n) is 1.62. The number of Topliss-reactive ketones (excluding diaryl/α,β-unsaturated/α-hetero) is 1. The molecule has 0 aromatic rings. The minimum Gasteiger partial charge on any atom is -0.330 e. The Morgan fingerprint density at radius 3 is 2.64 bits per heavy atom. The van der Waals surface area contributed by atoms with Gasteiger partial charge in [0.1, 0.15) is 6.04 Å². The highest BCUT2D eigenvalue weighted by Gasteiger charge is 2.09. The van der Waals surface area contributed by atoms with Crippen LogP contribution in [0.5, 0.6) is 0 Å². The first-order valence-electron chi connectivity index (χ1n) is 3.88. The Labute approximate surface area is 67.7 Å². The fourth-order valence-corrected chi connectivity index (χ4v) is 0.905. The van der Waals surface area contributed by atoms with Crippen LogP contribution in [0.1, 0.15) is 26.2 Å². The lowest BCUT2D eigenvalue weighted by Crippen LogP contribution is -2.14. The third kappa shape index (κ3) is 4.67. The van der Waals surface area contributed by atoms with Crippen molar-refractivity contribution in [1.29, 1.82) is 0 Å². The topological polar surface area (TPSA) is 55.4 Å². The standard InChI is InChI=1S/C8H16N2O/c1-7(11)8(10-2)5-3-4-6-9/h8H,2-6,9H2,1H3/t8-/m0/s1. The van der Waals surface area contributed by atoms with Crippen molar-refractivity contribution < 1.29 is 4.79 Å². The van der Waals surface area contributed by atoms with Gasteiger partial charge >= 0.3 is 0 Å². The highest BCUT2D eigenvalue weighted by atomic mass is 16.1. The number of hydrogen-bond acceptors (Lipinski definition) is 3.